The fourth-order valence-corrected chi connectivity index (χ4v) is 6.86. The SMILES string of the molecule is Cc1cc(C)cc(OC(=O)c2cccc(N3C(=O)[C@H]4C5c6ccccc6C(c6ccccc65)[C@@H]4C3=O)c2)c1. The number of ether oxygens (including phenoxy) is 1. The molecule has 1 heterocycles. The lowest BCUT2D eigenvalue weighted by molar-refractivity contribution is -0.122. The van der Waals surface area contributed by atoms with Gasteiger partial charge in [0.2, 0.25) is 11.8 Å². The molecule has 2 amide bonds. The number of carbonyl (C=O) groups is 3. The van der Waals surface area contributed by atoms with Gasteiger partial charge in [-0.25, -0.2) is 9.69 Å². The number of imide groups is 1. The van der Waals surface area contributed by atoms with Crippen molar-refractivity contribution in [2.45, 2.75) is 25.7 Å². The highest BCUT2D eigenvalue weighted by Crippen LogP contribution is 2.61. The number of rotatable bonds is 3. The van der Waals surface area contributed by atoms with E-state index in [1.54, 1.807) is 36.4 Å². The topological polar surface area (TPSA) is 63.7 Å². The number of benzene rings is 4. The first kappa shape index (κ1) is 22.7. The molecule has 38 heavy (non-hydrogen) atoms. The number of esters is 1. The quantitative estimate of drug-likeness (QED) is 0.199. The highest BCUT2D eigenvalue weighted by atomic mass is 16.5. The summed E-state index contributed by atoms with van der Waals surface area (Å²) in [5.74, 6) is -1.77. The molecule has 2 atom stereocenters. The van der Waals surface area contributed by atoms with Crippen molar-refractivity contribution in [3.8, 4) is 5.75 Å². The summed E-state index contributed by atoms with van der Waals surface area (Å²) in [4.78, 5) is 42.3. The second-order valence-electron chi connectivity index (χ2n) is 10.5. The molecule has 0 aromatic heterocycles. The van der Waals surface area contributed by atoms with Gasteiger partial charge >= 0.3 is 5.97 Å². The van der Waals surface area contributed by atoms with E-state index in [1.807, 2.05) is 44.2 Å². The number of aryl methyl sites for hydroxylation is 2. The summed E-state index contributed by atoms with van der Waals surface area (Å²) in [7, 11) is 0. The first-order valence-electron chi connectivity index (χ1n) is 12.9. The van der Waals surface area contributed by atoms with Crippen LogP contribution in [0.1, 0.15) is 55.6 Å². The minimum Gasteiger partial charge on any atom is -0.423 e. The zero-order valence-electron chi connectivity index (χ0n) is 21.0. The van der Waals surface area contributed by atoms with E-state index in [1.165, 1.54) is 4.90 Å². The van der Waals surface area contributed by atoms with Gasteiger partial charge in [-0.3, -0.25) is 9.59 Å². The van der Waals surface area contributed by atoms with Crippen molar-refractivity contribution >= 4 is 23.5 Å². The molecule has 1 saturated heterocycles. The third-order valence-corrected chi connectivity index (χ3v) is 8.19. The summed E-state index contributed by atoms with van der Waals surface area (Å²) < 4.78 is 5.63. The molecule has 1 aliphatic heterocycles. The van der Waals surface area contributed by atoms with Crippen molar-refractivity contribution in [2.24, 2.45) is 11.8 Å². The molecule has 186 valence electrons. The van der Waals surface area contributed by atoms with Crippen LogP contribution >= 0.6 is 0 Å². The molecule has 0 spiro atoms. The Labute approximate surface area is 220 Å². The fraction of sp³-hybridized carbons (Fsp3) is 0.182. The van der Waals surface area contributed by atoms with Gasteiger partial charge < -0.3 is 4.74 Å². The van der Waals surface area contributed by atoms with Gasteiger partial charge in [0, 0.05) is 11.8 Å². The first-order chi connectivity index (χ1) is 18.4. The third-order valence-electron chi connectivity index (χ3n) is 8.19. The molecular formula is C33H25NO4. The van der Waals surface area contributed by atoms with Crippen molar-refractivity contribution in [3.63, 3.8) is 0 Å². The molecule has 0 radical (unpaired) electrons. The molecular weight excluding hydrogens is 474 g/mol. The molecule has 5 nitrogen and oxygen atoms in total. The van der Waals surface area contributed by atoms with E-state index in [0.29, 0.717) is 11.4 Å². The summed E-state index contributed by atoms with van der Waals surface area (Å²) in [5.41, 5.74) is 7.20. The normalized spacial score (nSPS) is 22.6. The monoisotopic (exact) mass is 499 g/mol. The lowest BCUT2D eigenvalue weighted by Gasteiger charge is -2.45. The molecule has 8 rings (SSSR count). The van der Waals surface area contributed by atoms with Crippen molar-refractivity contribution in [1.29, 1.82) is 0 Å². The Balaban J connectivity index is 1.26. The smallest absolute Gasteiger partial charge is 0.343 e. The van der Waals surface area contributed by atoms with Crippen LogP contribution in [-0.2, 0) is 9.59 Å². The van der Waals surface area contributed by atoms with E-state index >= 15 is 0 Å². The average molecular weight is 500 g/mol. The van der Waals surface area contributed by atoms with E-state index < -0.39 is 17.8 Å². The van der Waals surface area contributed by atoms with Gasteiger partial charge in [-0.1, -0.05) is 60.7 Å². The van der Waals surface area contributed by atoms with Crippen molar-refractivity contribution in [1.82, 2.24) is 0 Å². The fourth-order valence-electron chi connectivity index (χ4n) is 6.86. The Bertz CT molecular complexity index is 1540. The molecule has 2 bridgehead atoms. The Kier molecular flexibility index (Phi) is 4.92. The molecule has 4 aromatic carbocycles. The molecule has 5 heteroatoms. The minimum absolute atomic E-state index is 0.170. The Morgan fingerprint density at radius 2 is 1.16 bits per heavy atom. The highest BCUT2D eigenvalue weighted by molar-refractivity contribution is 6.23. The maximum atomic E-state index is 14.0. The zero-order valence-corrected chi connectivity index (χ0v) is 21.0. The van der Waals surface area contributed by atoms with Gasteiger partial charge in [-0.05, 0) is 77.6 Å². The summed E-state index contributed by atoms with van der Waals surface area (Å²) >= 11 is 0. The standard InChI is InChI=1S/C33H25NO4/c1-18-14-19(2)16-22(15-18)38-33(37)20-8-7-9-21(17-20)34-31(35)29-27-23-10-3-4-11-24(23)28(30(29)32(34)36)26-13-6-5-12-25(26)27/h3-17,27-30H,1-2H3/t27?,28?,29-,30-/m0/s1. The Hall–Kier alpha value is -4.51. The second kappa shape index (κ2) is 8.25. The van der Waals surface area contributed by atoms with Crippen LogP contribution in [0.25, 0.3) is 0 Å². The second-order valence-corrected chi connectivity index (χ2v) is 10.5. The summed E-state index contributed by atoms with van der Waals surface area (Å²) in [6, 6.07) is 28.6. The summed E-state index contributed by atoms with van der Waals surface area (Å²) in [5, 5.41) is 0. The van der Waals surface area contributed by atoms with Crippen LogP contribution < -0.4 is 9.64 Å². The molecule has 4 aliphatic rings. The lowest BCUT2D eigenvalue weighted by atomic mass is 9.55. The van der Waals surface area contributed by atoms with Gasteiger partial charge in [0.15, 0.2) is 0 Å². The van der Waals surface area contributed by atoms with Crippen LogP contribution in [0, 0.1) is 25.7 Å². The third kappa shape index (κ3) is 3.21. The summed E-state index contributed by atoms with van der Waals surface area (Å²) in [6.07, 6.45) is 0. The molecule has 0 saturated carbocycles. The predicted octanol–water partition coefficient (Wildman–Crippen LogP) is 5.92. The van der Waals surface area contributed by atoms with E-state index in [-0.39, 0.29) is 29.2 Å². The van der Waals surface area contributed by atoms with Gasteiger partial charge in [-0.2, -0.15) is 0 Å². The van der Waals surface area contributed by atoms with Crippen molar-refractivity contribution in [2.75, 3.05) is 4.90 Å². The molecule has 4 aromatic rings. The number of hydrogen-bond acceptors (Lipinski definition) is 4. The molecule has 0 N–H and O–H groups in total. The van der Waals surface area contributed by atoms with Crippen LogP contribution in [0.2, 0.25) is 0 Å². The Morgan fingerprint density at radius 3 is 1.66 bits per heavy atom. The largest absolute Gasteiger partial charge is 0.423 e. The molecule has 1 fully saturated rings. The van der Waals surface area contributed by atoms with Crippen LogP contribution in [-0.4, -0.2) is 17.8 Å². The predicted molar refractivity (Wildman–Crippen MR) is 143 cm³/mol. The first-order valence-corrected chi connectivity index (χ1v) is 12.9. The number of hydrogen-bond donors (Lipinski definition) is 0. The summed E-state index contributed by atoms with van der Waals surface area (Å²) in [6.45, 7) is 3.89. The minimum atomic E-state index is -0.534. The zero-order chi connectivity index (χ0) is 26.1. The van der Waals surface area contributed by atoms with Crippen LogP contribution in [0.5, 0.6) is 5.75 Å². The molecule has 0 unspecified atom stereocenters. The van der Waals surface area contributed by atoms with Crippen LogP contribution in [0.3, 0.4) is 0 Å². The van der Waals surface area contributed by atoms with Gasteiger partial charge in [0.1, 0.15) is 5.75 Å². The van der Waals surface area contributed by atoms with E-state index in [2.05, 4.69) is 24.3 Å². The van der Waals surface area contributed by atoms with Crippen LogP contribution in [0.4, 0.5) is 5.69 Å². The van der Waals surface area contributed by atoms with Crippen molar-refractivity contribution in [3.05, 3.63) is 130 Å². The van der Waals surface area contributed by atoms with Gasteiger partial charge in [-0.15, -0.1) is 0 Å². The van der Waals surface area contributed by atoms with Gasteiger partial charge in [0.05, 0.1) is 23.1 Å². The van der Waals surface area contributed by atoms with E-state index in [0.717, 1.165) is 33.4 Å². The number of carbonyl (C=O) groups excluding carboxylic acids is 3. The maximum absolute atomic E-state index is 14.0. The van der Waals surface area contributed by atoms with Crippen LogP contribution in [0.15, 0.2) is 91.0 Å². The average Bonchev–Trinajstić information content (AvgIpc) is 3.18. The van der Waals surface area contributed by atoms with Crippen molar-refractivity contribution < 1.29 is 19.1 Å². The van der Waals surface area contributed by atoms with E-state index in [4.69, 9.17) is 4.74 Å². The van der Waals surface area contributed by atoms with E-state index in [9.17, 15) is 14.4 Å². The number of nitrogens with zero attached hydrogens (tertiary/aromatic N) is 1. The number of amides is 2. The highest BCUT2D eigenvalue weighted by Gasteiger charge is 2.61. The van der Waals surface area contributed by atoms with Gasteiger partial charge in [0.25, 0.3) is 0 Å². The maximum Gasteiger partial charge on any atom is 0.343 e. The lowest BCUT2D eigenvalue weighted by Crippen LogP contribution is -2.41. The number of anilines is 1. The Morgan fingerprint density at radius 1 is 0.658 bits per heavy atom. The molecule has 3 aliphatic carbocycles.